The molecule has 2 aromatic carbocycles. The lowest BCUT2D eigenvalue weighted by molar-refractivity contribution is 0.119. The lowest BCUT2D eigenvalue weighted by Gasteiger charge is -2.15. The summed E-state index contributed by atoms with van der Waals surface area (Å²) < 4.78 is 21.8. The Balaban J connectivity index is 0.00000512. The van der Waals surface area contributed by atoms with E-state index in [9.17, 15) is 0 Å². The molecule has 0 aliphatic carbocycles. The van der Waals surface area contributed by atoms with E-state index in [2.05, 4.69) is 34.7 Å². The first-order valence-electron chi connectivity index (χ1n) is 10.5. The molecular weight excluding hydrogens is 521 g/mol. The first-order chi connectivity index (χ1) is 15.2. The number of aryl methyl sites for hydroxylation is 1. The number of guanidine groups is 1. The standard InChI is InChI=1S/C24H35N3O4.HI/c1-19-6-9-21(23(16-19)31-15-14-28-3)17-27-24(25-2)26-12-5-13-30-18-20-7-10-22(29-4)11-8-20;/h6-11,16H,5,12-15,17-18H2,1-4H3,(H2,25,26,27);1H. The van der Waals surface area contributed by atoms with E-state index >= 15 is 0 Å². The molecule has 178 valence electrons. The Morgan fingerprint density at radius 3 is 2.44 bits per heavy atom. The lowest BCUT2D eigenvalue weighted by atomic mass is 10.1. The van der Waals surface area contributed by atoms with Gasteiger partial charge in [-0.05, 0) is 42.7 Å². The van der Waals surface area contributed by atoms with Crippen LogP contribution in [0.3, 0.4) is 0 Å². The Labute approximate surface area is 208 Å². The predicted molar refractivity (Wildman–Crippen MR) is 139 cm³/mol. The van der Waals surface area contributed by atoms with Crippen molar-refractivity contribution in [1.29, 1.82) is 0 Å². The fourth-order valence-corrected chi connectivity index (χ4v) is 2.87. The van der Waals surface area contributed by atoms with E-state index in [-0.39, 0.29) is 24.0 Å². The van der Waals surface area contributed by atoms with Gasteiger partial charge >= 0.3 is 0 Å². The molecular formula is C24H36IN3O4. The number of hydrogen-bond donors (Lipinski definition) is 2. The molecule has 0 radical (unpaired) electrons. The maximum atomic E-state index is 5.85. The second-order valence-corrected chi connectivity index (χ2v) is 7.06. The average molecular weight is 557 g/mol. The summed E-state index contributed by atoms with van der Waals surface area (Å²) in [7, 11) is 5.10. The number of aliphatic imine (C=N–C) groups is 1. The number of halogens is 1. The number of ether oxygens (including phenoxy) is 4. The summed E-state index contributed by atoms with van der Waals surface area (Å²) in [5.41, 5.74) is 3.37. The summed E-state index contributed by atoms with van der Waals surface area (Å²) in [6.45, 7) is 5.80. The van der Waals surface area contributed by atoms with E-state index in [0.29, 0.717) is 33.0 Å². The highest BCUT2D eigenvalue weighted by atomic mass is 127. The highest BCUT2D eigenvalue weighted by Gasteiger charge is 2.06. The van der Waals surface area contributed by atoms with Crippen LogP contribution in [0, 0.1) is 6.92 Å². The summed E-state index contributed by atoms with van der Waals surface area (Å²) in [5.74, 6) is 2.47. The second-order valence-electron chi connectivity index (χ2n) is 7.06. The van der Waals surface area contributed by atoms with Crippen LogP contribution in [0.25, 0.3) is 0 Å². The molecule has 0 heterocycles. The zero-order valence-electron chi connectivity index (χ0n) is 19.5. The van der Waals surface area contributed by atoms with E-state index < -0.39 is 0 Å². The van der Waals surface area contributed by atoms with Gasteiger partial charge in [-0.25, -0.2) is 0 Å². The largest absolute Gasteiger partial charge is 0.497 e. The number of benzene rings is 2. The Morgan fingerprint density at radius 2 is 1.75 bits per heavy atom. The summed E-state index contributed by atoms with van der Waals surface area (Å²) in [6.07, 6.45) is 0.882. The highest BCUT2D eigenvalue weighted by Crippen LogP contribution is 2.20. The smallest absolute Gasteiger partial charge is 0.191 e. The molecule has 0 aromatic heterocycles. The van der Waals surface area contributed by atoms with Crippen molar-refractivity contribution >= 4 is 29.9 Å². The van der Waals surface area contributed by atoms with E-state index in [1.54, 1.807) is 21.3 Å². The van der Waals surface area contributed by atoms with Crippen molar-refractivity contribution in [3.8, 4) is 11.5 Å². The van der Waals surface area contributed by atoms with Crippen molar-refractivity contribution < 1.29 is 18.9 Å². The van der Waals surface area contributed by atoms with Gasteiger partial charge in [0.05, 0.1) is 20.3 Å². The van der Waals surface area contributed by atoms with Crippen molar-refractivity contribution in [3.63, 3.8) is 0 Å². The molecule has 32 heavy (non-hydrogen) atoms. The van der Waals surface area contributed by atoms with Gasteiger partial charge < -0.3 is 29.6 Å². The maximum Gasteiger partial charge on any atom is 0.191 e. The predicted octanol–water partition coefficient (Wildman–Crippen LogP) is 3.92. The van der Waals surface area contributed by atoms with Crippen molar-refractivity contribution in [2.45, 2.75) is 26.5 Å². The molecule has 0 saturated carbocycles. The second kappa shape index (κ2) is 16.6. The number of hydrogen-bond acceptors (Lipinski definition) is 5. The van der Waals surface area contributed by atoms with Crippen molar-refractivity contribution in [2.24, 2.45) is 4.99 Å². The zero-order valence-corrected chi connectivity index (χ0v) is 21.8. The summed E-state index contributed by atoms with van der Waals surface area (Å²) >= 11 is 0. The molecule has 2 aromatic rings. The normalized spacial score (nSPS) is 10.9. The molecule has 0 saturated heterocycles. The third-order valence-electron chi connectivity index (χ3n) is 4.62. The summed E-state index contributed by atoms with van der Waals surface area (Å²) in [4.78, 5) is 4.29. The van der Waals surface area contributed by atoms with Gasteiger partial charge in [0, 0.05) is 39.4 Å². The third kappa shape index (κ3) is 10.5. The maximum absolute atomic E-state index is 5.85. The lowest BCUT2D eigenvalue weighted by Crippen LogP contribution is -2.37. The molecule has 0 aliphatic rings. The van der Waals surface area contributed by atoms with Gasteiger partial charge in [-0.3, -0.25) is 4.99 Å². The topological polar surface area (TPSA) is 73.3 Å². The fraction of sp³-hybridized carbons (Fsp3) is 0.458. The summed E-state index contributed by atoms with van der Waals surface area (Å²) in [5, 5.41) is 6.66. The molecule has 0 amide bonds. The Hall–Kier alpha value is -2.04. The van der Waals surface area contributed by atoms with Gasteiger partial charge in [-0.1, -0.05) is 24.3 Å². The van der Waals surface area contributed by atoms with Crippen molar-refractivity contribution in [3.05, 3.63) is 59.2 Å². The van der Waals surface area contributed by atoms with Crippen LogP contribution in [-0.4, -0.2) is 53.6 Å². The van der Waals surface area contributed by atoms with E-state index in [1.165, 1.54) is 0 Å². The Kier molecular flexibility index (Phi) is 14.5. The molecule has 0 spiro atoms. The van der Waals surface area contributed by atoms with Crippen LogP contribution >= 0.6 is 24.0 Å². The Morgan fingerprint density at radius 1 is 0.969 bits per heavy atom. The third-order valence-corrected chi connectivity index (χ3v) is 4.62. The van der Waals surface area contributed by atoms with Crippen LogP contribution in [0.5, 0.6) is 11.5 Å². The first kappa shape index (κ1) is 28.0. The van der Waals surface area contributed by atoms with Crippen LogP contribution in [0.15, 0.2) is 47.5 Å². The quantitative estimate of drug-likeness (QED) is 0.169. The monoisotopic (exact) mass is 557 g/mol. The van der Waals surface area contributed by atoms with E-state index in [4.69, 9.17) is 18.9 Å². The van der Waals surface area contributed by atoms with E-state index in [1.807, 2.05) is 30.3 Å². The number of methoxy groups -OCH3 is 2. The van der Waals surface area contributed by atoms with Crippen LogP contribution in [-0.2, 0) is 22.6 Å². The number of rotatable bonds is 13. The fourth-order valence-electron chi connectivity index (χ4n) is 2.87. The zero-order chi connectivity index (χ0) is 22.3. The minimum absolute atomic E-state index is 0. The van der Waals surface area contributed by atoms with Gasteiger partial charge in [0.15, 0.2) is 5.96 Å². The van der Waals surface area contributed by atoms with Crippen LogP contribution in [0.1, 0.15) is 23.1 Å². The highest BCUT2D eigenvalue weighted by molar-refractivity contribution is 14.0. The van der Waals surface area contributed by atoms with Crippen LogP contribution in [0.2, 0.25) is 0 Å². The molecule has 2 N–H and O–H groups in total. The molecule has 0 bridgehead atoms. The van der Waals surface area contributed by atoms with Crippen LogP contribution in [0.4, 0.5) is 0 Å². The average Bonchev–Trinajstić information content (AvgIpc) is 2.79. The molecule has 7 nitrogen and oxygen atoms in total. The minimum atomic E-state index is 0. The molecule has 2 rings (SSSR count). The van der Waals surface area contributed by atoms with Crippen LogP contribution < -0.4 is 20.1 Å². The van der Waals surface area contributed by atoms with Crippen molar-refractivity contribution in [2.75, 3.05) is 47.6 Å². The minimum Gasteiger partial charge on any atom is -0.497 e. The SMILES string of the molecule is CN=C(NCCCOCc1ccc(OC)cc1)NCc1ccc(C)cc1OCCOC.I. The first-order valence-corrected chi connectivity index (χ1v) is 10.5. The molecule has 0 aliphatic heterocycles. The van der Waals surface area contributed by atoms with Gasteiger partial charge in [0.1, 0.15) is 18.1 Å². The molecule has 0 unspecified atom stereocenters. The molecule has 8 heteroatoms. The van der Waals surface area contributed by atoms with Gasteiger partial charge in [-0.15, -0.1) is 24.0 Å². The number of nitrogens with one attached hydrogen (secondary N) is 2. The van der Waals surface area contributed by atoms with Gasteiger partial charge in [-0.2, -0.15) is 0 Å². The van der Waals surface area contributed by atoms with Gasteiger partial charge in [0.2, 0.25) is 0 Å². The molecule has 0 atom stereocenters. The number of nitrogens with zero attached hydrogens (tertiary/aromatic N) is 1. The van der Waals surface area contributed by atoms with E-state index in [0.717, 1.165) is 47.1 Å². The van der Waals surface area contributed by atoms with Crippen molar-refractivity contribution in [1.82, 2.24) is 10.6 Å². The van der Waals surface area contributed by atoms with Gasteiger partial charge in [0.25, 0.3) is 0 Å². The molecule has 0 fully saturated rings. The Bertz CT molecular complexity index is 800. The summed E-state index contributed by atoms with van der Waals surface area (Å²) in [6, 6.07) is 14.1.